The Balaban J connectivity index is 1.56. The Hall–Kier alpha value is -3.37. The second kappa shape index (κ2) is 14.4. The zero-order valence-electron chi connectivity index (χ0n) is 25.3. The molecule has 8 nitrogen and oxygen atoms in total. The molecule has 230 valence electrons. The van der Waals surface area contributed by atoms with Crippen LogP contribution in [0.5, 0.6) is 5.75 Å². The first-order chi connectivity index (χ1) is 20.6. The predicted molar refractivity (Wildman–Crippen MR) is 171 cm³/mol. The number of phenolic OH excluding ortho intramolecular Hbond substituents is 1. The minimum Gasteiger partial charge on any atom is -0.508 e. The van der Waals surface area contributed by atoms with Crippen LogP contribution < -0.4 is 10.6 Å². The average molecular weight is 606 g/mol. The molecule has 4 rings (SSSR count). The molecule has 1 aliphatic rings. The number of aryl methyl sites for hydroxylation is 1. The number of benzene rings is 3. The van der Waals surface area contributed by atoms with Crippen LogP contribution in [-0.4, -0.2) is 67.6 Å². The van der Waals surface area contributed by atoms with Gasteiger partial charge in [0.1, 0.15) is 12.0 Å². The van der Waals surface area contributed by atoms with Crippen molar-refractivity contribution in [3.05, 3.63) is 101 Å². The van der Waals surface area contributed by atoms with E-state index in [0.29, 0.717) is 18.5 Å². The molecule has 0 radical (unpaired) electrons. The van der Waals surface area contributed by atoms with Crippen LogP contribution in [0.4, 0.5) is 0 Å². The molecule has 5 N–H and O–H groups in total. The van der Waals surface area contributed by atoms with Crippen LogP contribution in [0.1, 0.15) is 65.2 Å². The van der Waals surface area contributed by atoms with E-state index in [1.165, 1.54) is 11.0 Å². The molecule has 0 bridgehead atoms. The zero-order valence-corrected chi connectivity index (χ0v) is 26.1. The van der Waals surface area contributed by atoms with E-state index in [2.05, 4.69) is 24.5 Å². The Morgan fingerprint density at radius 1 is 1.02 bits per heavy atom. The number of carbonyl (C=O) groups is 2. The van der Waals surface area contributed by atoms with Crippen molar-refractivity contribution in [2.24, 2.45) is 0 Å². The third kappa shape index (κ3) is 7.97. The van der Waals surface area contributed by atoms with Crippen LogP contribution >= 0.6 is 11.8 Å². The summed E-state index contributed by atoms with van der Waals surface area (Å²) in [7, 11) is 0. The number of aliphatic hydroxyl groups excluding tert-OH is 2. The van der Waals surface area contributed by atoms with E-state index in [4.69, 9.17) is 0 Å². The Morgan fingerprint density at radius 3 is 2.40 bits per heavy atom. The van der Waals surface area contributed by atoms with Gasteiger partial charge >= 0.3 is 0 Å². The Morgan fingerprint density at radius 2 is 1.72 bits per heavy atom. The molecular weight excluding hydrogens is 562 g/mol. The third-order valence-electron chi connectivity index (χ3n) is 8.28. The van der Waals surface area contributed by atoms with Gasteiger partial charge in [0.05, 0.1) is 18.0 Å². The van der Waals surface area contributed by atoms with Gasteiger partial charge < -0.3 is 25.5 Å². The molecule has 43 heavy (non-hydrogen) atoms. The highest BCUT2D eigenvalue weighted by Crippen LogP contribution is 2.54. The number of amides is 2. The Kier molecular flexibility index (Phi) is 10.9. The lowest BCUT2D eigenvalue weighted by atomic mass is 9.98. The smallest absolute Gasteiger partial charge is 0.254 e. The van der Waals surface area contributed by atoms with Crippen LogP contribution in [0.2, 0.25) is 0 Å². The number of phenols is 1. The van der Waals surface area contributed by atoms with Gasteiger partial charge in [-0.3, -0.25) is 14.9 Å². The van der Waals surface area contributed by atoms with Crippen molar-refractivity contribution >= 4 is 23.6 Å². The maximum absolute atomic E-state index is 14.0. The first kappa shape index (κ1) is 32.5. The number of aliphatic hydroxyl groups is 2. The van der Waals surface area contributed by atoms with Gasteiger partial charge in [-0.2, -0.15) is 0 Å². The zero-order chi connectivity index (χ0) is 31.1. The molecule has 5 atom stereocenters. The second-order valence-electron chi connectivity index (χ2n) is 11.5. The average Bonchev–Trinajstić information content (AvgIpc) is 3.74. The molecule has 1 saturated carbocycles. The van der Waals surface area contributed by atoms with E-state index in [1.54, 1.807) is 30.8 Å². The standard InChI is InChI=1S/C34H43N3O5S/c1-5-23(3)43-21-37(20-30(39)35-19-25-16-14-22(2)15-17-25)33(42)31(40)34(18-28(34)26-10-7-6-8-11-26)36-32(41)27-12-9-13-29(38)24(27)4/h6-17,23,28,30-31,35,38-40H,5,18-21H2,1-4H3,(H,36,41)/t23?,28?,30?,31-,34?/m1/s1. The molecule has 3 aromatic rings. The lowest BCUT2D eigenvalue weighted by molar-refractivity contribution is -0.143. The van der Waals surface area contributed by atoms with Crippen LogP contribution in [-0.2, 0) is 11.3 Å². The number of rotatable bonds is 14. The number of hydrogen-bond donors (Lipinski definition) is 5. The van der Waals surface area contributed by atoms with E-state index in [9.17, 15) is 24.9 Å². The molecule has 0 saturated heterocycles. The van der Waals surface area contributed by atoms with Gasteiger partial charge in [-0.25, -0.2) is 0 Å². The fourth-order valence-corrected chi connectivity index (χ4v) is 6.09. The minimum absolute atomic E-state index is 0.00546. The summed E-state index contributed by atoms with van der Waals surface area (Å²) < 4.78 is 0. The van der Waals surface area contributed by atoms with Gasteiger partial charge in [0.25, 0.3) is 11.8 Å². The predicted octanol–water partition coefficient (Wildman–Crippen LogP) is 4.45. The maximum Gasteiger partial charge on any atom is 0.254 e. The molecule has 0 aliphatic heterocycles. The van der Waals surface area contributed by atoms with Gasteiger partial charge in [0.2, 0.25) is 0 Å². The molecule has 0 spiro atoms. The highest BCUT2D eigenvalue weighted by atomic mass is 32.2. The third-order valence-corrected chi connectivity index (χ3v) is 9.64. The fourth-order valence-electron chi connectivity index (χ4n) is 5.19. The van der Waals surface area contributed by atoms with E-state index < -0.39 is 29.7 Å². The summed E-state index contributed by atoms with van der Waals surface area (Å²) in [5.41, 5.74) is 2.50. The van der Waals surface area contributed by atoms with Gasteiger partial charge in [0, 0.05) is 28.8 Å². The van der Waals surface area contributed by atoms with E-state index >= 15 is 0 Å². The summed E-state index contributed by atoms with van der Waals surface area (Å²) in [6.45, 7) is 8.19. The summed E-state index contributed by atoms with van der Waals surface area (Å²) in [5, 5.41) is 39.1. The Bertz CT molecular complexity index is 1390. The second-order valence-corrected chi connectivity index (χ2v) is 12.9. The van der Waals surface area contributed by atoms with Crippen molar-refractivity contribution < 1.29 is 24.9 Å². The number of nitrogens with one attached hydrogen (secondary N) is 2. The van der Waals surface area contributed by atoms with Crippen LogP contribution in [0.3, 0.4) is 0 Å². The molecule has 9 heteroatoms. The van der Waals surface area contributed by atoms with Crippen molar-refractivity contribution in [2.45, 2.75) is 76.1 Å². The van der Waals surface area contributed by atoms with E-state index in [0.717, 1.165) is 23.1 Å². The highest BCUT2D eigenvalue weighted by molar-refractivity contribution is 7.99. The molecule has 0 heterocycles. The monoisotopic (exact) mass is 605 g/mol. The van der Waals surface area contributed by atoms with E-state index in [1.807, 2.05) is 61.5 Å². The molecule has 1 fully saturated rings. The highest BCUT2D eigenvalue weighted by Gasteiger charge is 2.63. The summed E-state index contributed by atoms with van der Waals surface area (Å²) in [5.74, 6) is -1.05. The van der Waals surface area contributed by atoms with Gasteiger partial charge in [0.15, 0.2) is 6.10 Å². The topological polar surface area (TPSA) is 122 Å². The van der Waals surface area contributed by atoms with Crippen LogP contribution in [0.25, 0.3) is 0 Å². The number of carbonyl (C=O) groups excluding carboxylic acids is 2. The number of hydrogen-bond acceptors (Lipinski definition) is 7. The summed E-state index contributed by atoms with van der Waals surface area (Å²) >= 11 is 1.57. The molecule has 4 unspecified atom stereocenters. The quantitative estimate of drug-likeness (QED) is 0.172. The lowest BCUT2D eigenvalue weighted by Crippen LogP contribution is -2.56. The normalized spacial score (nSPS) is 19.7. The van der Waals surface area contributed by atoms with Crippen LogP contribution in [0, 0.1) is 13.8 Å². The van der Waals surface area contributed by atoms with E-state index in [-0.39, 0.29) is 34.9 Å². The molecular formula is C34H43N3O5S. The largest absolute Gasteiger partial charge is 0.508 e. The SMILES string of the molecule is CCC(C)SCN(CC(O)NCc1ccc(C)cc1)C(=O)[C@@H](O)C1(NC(=O)c2cccc(O)c2C)CC1c1ccccc1. The minimum atomic E-state index is -1.55. The Labute approximate surface area is 258 Å². The van der Waals surface area contributed by atoms with Crippen molar-refractivity contribution in [1.29, 1.82) is 0 Å². The number of aromatic hydroxyl groups is 1. The number of thioether (sulfide) groups is 1. The summed E-state index contributed by atoms with van der Waals surface area (Å²) in [4.78, 5) is 29.0. The van der Waals surface area contributed by atoms with Gasteiger partial charge in [-0.1, -0.05) is 80.1 Å². The number of nitrogens with zero attached hydrogens (tertiary/aromatic N) is 1. The summed E-state index contributed by atoms with van der Waals surface area (Å²) in [6.07, 6.45) is -1.31. The molecule has 1 aliphatic carbocycles. The fraction of sp³-hybridized carbons (Fsp3) is 0.412. The van der Waals surface area contributed by atoms with Crippen molar-refractivity contribution in [2.75, 3.05) is 12.4 Å². The van der Waals surface area contributed by atoms with Crippen molar-refractivity contribution in [3.63, 3.8) is 0 Å². The summed E-state index contributed by atoms with van der Waals surface area (Å²) in [6, 6.07) is 22.2. The maximum atomic E-state index is 14.0. The lowest BCUT2D eigenvalue weighted by Gasteiger charge is -2.32. The molecule has 3 aromatic carbocycles. The molecule has 2 amide bonds. The van der Waals surface area contributed by atoms with Gasteiger partial charge in [-0.15, -0.1) is 11.8 Å². The molecule has 0 aromatic heterocycles. The van der Waals surface area contributed by atoms with Crippen molar-refractivity contribution in [1.82, 2.24) is 15.5 Å². The van der Waals surface area contributed by atoms with Gasteiger partial charge in [-0.05, 0) is 49.9 Å². The first-order valence-corrected chi connectivity index (χ1v) is 15.8. The van der Waals surface area contributed by atoms with Crippen molar-refractivity contribution in [3.8, 4) is 5.75 Å². The first-order valence-electron chi connectivity index (χ1n) is 14.8. The van der Waals surface area contributed by atoms with Crippen LogP contribution in [0.15, 0.2) is 72.8 Å².